The first-order chi connectivity index (χ1) is 7.17. The summed E-state index contributed by atoms with van der Waals surface area (Å²) in [6.07, 6.45) is 2.29. The third kappa shape index (κ3) is 31.8. The molecule has 0 aromatic heterocycles. The van der Waals surface area contributed by atoms with Gasteiger partial charge in [-0.05, 0) is 6.92 Å². The summed E-state index contributed by atoms with van der Waals surface area (Å²) in [5.74, 6) is 0. The summed E-state index contributed by atoms with van der Waals surface area (Å²) in [4.78, 5) is 0. The van der Waals surface area contributed by atoms with Crippen LogP contribution in [0.2, 0.25) is 0 Å². The van der Waals surface area contributed by atoms with Gasteiger partial charge in [0.25, 0.3) is 0 Å². The maximum absolute atomic E-state index is 9.00. The Morgan fingerprint density at radius 1 is 1.00 bits per heavy atom. The number of alkyl halides is 3. The molecule has 0 fully saturated rings. The molecular weight excluding hydrogens is 373 g/mol. The molecule has 0 saturated heterocycles. The summed E-state index contributed by atoms with van der Waals surface area (Å²) in [6.45, 7) is 9.51. The monoisotopic (exact) mass is 395 g/mol. The Labute approximate surface area is 134 Å². The minimum absolute atomic E-state index is 0. The quantitative estimate of drug-likeness (QED) is 0.422. The summed E-state index contributed by atoms with van der Waals surface area (Å²) in [7, 11) is 0. The Morgan fingerprint density at radius 3 is 1.29 bits per heavy atom. The smallest absolute Gasteiger partial charge is 0.393 e. The van der Waals surface area contributed by atoms with E-state index in [0.717, 1.165) is 0 Å². The second-order valence-electron chi connectivity index (χ2n) is 3.30. The average molecular weight is 397 g/mol. The Bertz CT molecular complexity index is 128. The molecule has 0 aliphatic carbocycles. The van der Waals surface area contributed by atoms with Gasteiger partial charge >= 0.3 is 19.5 Å². The van der Waals surface area contributed by atoms with Crippen LogP contribution < -0.4 is 0 Å². The van der Waals surface area contributed by atoms with Crippen molar-refractivity contribution >= 4 is 34.8 Å². The fourth-order valence-corrected chi connectivity index (χ4v) is 0.724. The van der Waals surface area contributed by atoms with Crippen LogP contribution in [0.3, 0.4) is 0 Å². The Hall–Kier alpha value is 1.41. The van der Waals surface area contributed by atoms with Crippen LogP contribution in [-0.4, -0.2) is 26.2 Å². The van der Waals surface area contributed by atoms with E-state index in [4.69, 9.17) is 45.0 Å². The molecule has 2 nitrogen and oxygen atoms in total. The fourth-order valence-electron chi connectivity index (χ4n) is 0.457. The van der Waals surface area contributed by atoms with E-state index in [9.17, 15) is 0 Å². The maximum Gasteiger partial charge on any atom is 2.00 e. The zero-order valence-corrected chi connectivity index (χ0v) is 14.8. The van der Waals surface area contributed by atoms with E-state index < -0.39 is 16.0 Å². The van der Waals surface area contributed by atoms with Crippen LogP contribution in [0.25, 0.3) is 0 Å². The number of halogens is 3. The van der Waals surface area contributed by atoms with Gasteiger partial charge in [0.05, 0.1) is 6.10 Å². The predicted octanol–water partition coefficient (Wildman–Crippen LogP) is 3.95. The van der Waals surface area contributed by atoms with Gasteiger partial charge in [0.15, 0.2) is 0 Å². The molecule has 2 N–H and O–H groups in total. The van der Waals surface area contributed by atoms with Gasteiger partial charge in [-0.25, -0.2) is 0 Å². The van der Waals surface area contributed by atoms with Crippen molar-refractivity contribution in [3.63, 3.8) is 0 Å². The van der Waals surface area contributed by atoms with Crippen molar-refractivity contribution in [2.24, 2.45) is 0 Å². The van der Waals surface area contributed by atoms with Crippen molar-refractivity contribution < 1.29 is 29.7 Å². The molecule has 0 aliphatic heterocycles. The second-order valence-corrected chi connectivity index (χ2v) is 5.67. The van der Waals surface area contributed by atoms with Crippen LogP contribution in [0.1, 0.15) is 41.0 Å². The summed E-state index contributed by atoms with van der Waals surface area (Å²) < 4.78 is -1.70. The predicted molar refractivity (Wildman–Crippen MR) is 73.9 cm³/mol. The van der Waals surface area contributed by atoms with Gasteiger partial charge in [-0.15, -0.1) is 0 Å². The van der Waals surface area contributed by atoms with Gasteiger partial charge in [0.1, 0.15) is 6.10 Å². The standard InChI is InChI=1S/C5H9Cl3O2.2C3H7.Rh/c1-3(9)2-4(10)5(6,7)8;2*1-3-2;/h3-4,9-10H,2H2,1H3;2*3H,1-2H3;/q;2*-1;+2. The first-order valence-electron chi connectivity index (χ1n) is 5.08. The van der Waals surface area contributed by atoms with Crippen molar-refractivity contribution in [3.05, 3.63) is 12.8 Å². The fraction of sp³-hybridized carbons (Fsp3) is 0.818. The van der Waals surface area contributed by atoms with Crippen LogP contribution in [0.15, 0.2) is 0 Å². The summed E-state index contributed by atoms with van der Waals surface area (Å²) in [5.41, 5.74) is 0. The number of hydrogen-bond donors (Lipinski definition) is 2. The normalized spacial score (nSPS) is 13.1. The van der Waals surface area contributed by atoms with E-state index in [2.05, 4.69) is 0 Å². The van der Waals surface area contributed by atoms with Crippen molar-refractivity contribution in [2.45, 2.75) is 57.0 Å². The molecule has 0 heterocycles. The molecule has 2 atom stereocenters. The van der Waals surface area contributed by atoms with Gasteiger partial charge in [-0.2, -0.15) is 27.7 Å². The van der Waals surface area contributed by atoms with E-state index in [1.807, 2.05) is 40.5 Å². The number of hydrogen-bond acceptors (Lipinski definition) is 2. The van der Waals surface area contributed by atoms with Gasteiger partial charge in [0, 0.05) is 6.42 Å². The van der Waals surface area contributed by atoms with Gasteiger partial charge in [-0.1, -0.05) is 34.8 Å². The molecule has 6 heteroatoms. The topological polar surface area (TPSA) is 40.5 Å². The zero-order chi connectivity index (χ0) is 13.8. The average Bonchev–Trinajstić information content (AvgIpc) is 2.03. The van der Waals surface area contributed by atoms with Crippen LogP contribution in [0.4, 0.5) is 0 Å². The molecule has 109 valence electrons. The number of aliphatic hydroxyl groups excluding tert-OH is 2. The molecule has 1 radical (unpaired) electrons. The summed E-state index contributed by atoms with van der Waals surface area (Å²) in [5, 5.41) is 17.8. The van der Waals surface area contributed by atoms with E-state index in [1.54, 1.807) is 0 Å². The SMILES string of the molecule is CC(O)CC(O)C(Cl)(Cl)Cl.C[CH-]C.C[CH-]C.[Rh+2]. The molecule has 0 aliphatic rings. The van der Waals surface area contributed by atoms with Crippen molar-refractivity contribution in [1.82, 2.24) is 0 Å². The molecule has 0 saturated carbocycles. The maximum atomic E-state index is 9.00. The molecule has 0 amide bonds. The van der Waals surface area contributed by atoms with Crippen LogP contribution >= 0.6 is 34.8 Å². The van der Waals surface area contributed by atoms with Crippen LogP contribution in [0, 0.1) is 12.8 Å². The Morgan fingerprint density at radius 2 is 1.24 bits per heavy atom. The molecule has 2 unspecified atom stereocenters. The first kappa shape index (κ1) is 26.9. The van der Waals surface area contributed by atoms with Gasteiger partial charge in [-0.3, -0.25) is 0 Å². The third-order valence-electron chi connectivity index (χ3n) is 0.942. The summed E-state index contributed by atoms with van der Waals surface area (Å²) >= 11 is 15.9. The van der Waals surface area contributed by atoms with E-state index in [-0.39, 0.29) is 25.9 Å². The Balaban J connectivity index is -0.000000102. The minimum Gasteiger partial charge on any atom is -0.393 e. The third-order valence-corrected chi connectivity index (χ3v) is 1.70. The van der Waals surface area contributed by atoms with Gasteiger partial charge in [0.2, 0.25) is 3.79 Å². The van der Waals surface area contributed by atoms with E-state index in [0.29, 0.717) is 0 Å². The molecule has 0 aromatic carbocycles. The first-order valence-corrected chi connectivity index (χ1v) is 6.21. The van der Waals surface area contributed by atoms with Crippen LogP contribution in [0.5, 0.6) is 0 Å². The molecule has 0 rings (SSSR count). The van der Waals surface area contributed by atoms with Gasteiger partial charge < -0.3 is 23.1 Å². The zero-order valence-electron chi connectivity index (χ0n) is 10.9. The van der Waals surface area contributed by atoms with Crippen LogP contribution in [-0.2, 0) is 19.5 Å². The number of aliphatic hydroxyl groups is 2. The molecular formula is C11H23Cl3O2Rh. The summed E-state index contributed by atoms with van der Waals surface area (Å²) in [6, 6.07) is 0. The number of rotatable bonds is 2. The molecule has 17 heavy (non-hydrogen) atoms. The second kappa shape index (κ2) is 17.4. The molecule has 0 aromatic rings. The molecule has 0 spiro atoms. The van der Waals surface area contributed by atoms with E-state index >= 15 is 0 Å². The Kier molecular flexibility index (Phi) is 27.5. The van der Waals surface area contributed by atoms with Crippen molar-refractivity contribution in [2.75, 3.05) is 0 Å². The van der Waals surface area contributed by atoms with Crippen molar-refractivity contribution in [1.29, 1.82) is 0 Å². The van der Waals surface area contributed by atoms with E-state index in [1.165, 1.54) is 6.92 Å². The largest absolute Gasteiger partial charge is 2.00 e. The molecule has 0 bridgehead atoms. The van der Waals surface area contributed by atoms with Crippen molar-refractivity contribution in [3.8, 4) is 0 Å². The minimum atomic E-state index is -1.70.